The van der Waals surface area contributed by atoms with Crippen molar-refractivity contribution >= 4 is 0 Å². The number of benzene rings is 1. The zero-order valence-electron chi connectivity index (χ0n) is 6.30. The van der Waals surface area contributed by atoms with E-state index in [0.29, 0.717) is 0 Å². The minimum Gasteiger partial charge on any atom is -0.103 e. The predicted molar refractivity (Wildman–Crippen MR) is 47.2 cm³/mol. The van der Waals surface area contributed by atoms with Crippen molar-refractivity contribution in [2.24, 2.45) is 0 Å². The summed E-state index contributed by atoms with van der Waals surface area (Å²) < 4.78 is 0. The topological polar surface area (TPSA) is 0 Å². The first kappa shape index (κ1) is 7.07. The lowest BCUT2D eigenvalue weighted by molar-refractivity contribution is 1.26. The second-order valence-corrected chi connectivity index (χ2v) is 2.48. The van der Waals surface area contributed by atoms with E-state index >= 15 is 0 Å². The number of allylic oxidation sites excluding steroid dienone is 1. The molecule has 1 rings (SSSR count). The number of hydrogen-bond acceptors (Lipinski definition) is 0. The van der Waals surface area contributed by atoms with Crippen LogP contribution in [0.4, 0.5) is 0 Å². The van der Waals surface area contributed by atoms with Crippen molar-refractivity contribution in [2.45, 2.75) is 13.3 Å². The highest BCUT2D eigenvalue weighted by atomic mass is 13.9. The fourth-order valence-electron chi connectivity index (χ4n) is 0.891. The van der Waals surface area contributed by atoms with Gasteiger partial charge < -0.3 is 0 Å². The van der Waals surface area contributed by atoms with Gasteiger partial charge in [-0.05, 0) is 18.9 Å². The van der Waals surface area contributed by atoms with Crippen LogP contribution in [0.15, 0.2) is 36.9 Å². The van der Waals surface area contributed by atoms with Gasteiger partial charge in [0, 0.05) is 1.43 Å². The van der Waals surface area contributed by atoms with Crippen LogP contribution >= 0.6 is 0 Å². The molecule has 0 heterocycles. The Morgan fingerprint density at radius 2 is 2.00 bits per heavy atom. The summed E-state index contributed by atoms with van der Waals surface area (Å²) in [4.78, 5) is 0. The van der Waals surface area contributed by atoms with Crippen molar-refractivity contribution in [1.82, 2.24) is 0 Å². The van der Waals surface area contributed by atoms with Crippen LogP contribution in [0.5, 0.6) is 0 Å². The molecule has 0 nitrogen and oxygen atoms in total. The van der Waals surface area contributed by atoms with Gasteiger partial charge in [0.25, 0.3) is 0 Å². The smallest absolute Gasteiger partial charge is 0 e. The third-order valence-electron chi connectivity index (χ3n) is 1.50. The van der Waals surface area contributed by atoms with Gasteiger partial charge in [-0.25, -0.2) is 0 Å². The minimum absolute atomic E-state index is 0. The van der Waals surface area contributed by atoms with Crippen molar-refractivity contribution in [2.75, 3.05) is 0 Å². The maximum atomic E-state index is 3.68. The molecule has 0 aliphatic rings. The third-order valence-corrected chi connectivity index (χ3v) is 1.50. The molecule has 1 aromatic carbocycles. The van der Waals surface area contributed by atoms with E-state index in [2.05, 4.69) is 37.8 Å². The minimum atomic E-state index is 0. The first-order valence-electron chi connectivity index (χ1n) is 3.49. The summed E-state index contributed by atoms with van der Waals surface area (Å²) in [6, 6.07) is 8.52. The van der Waals surface area contributed by atoms with Crippen molar-refractivity contribution in [1.29, 1.82) is 0 Å². The molecule has 0 saturated heterocycles. The van der Waals surface area contributed by atoms with Gasteiger partial charge in [-0.2, -0.15) is 0 Å². The van der Waals surface area contributed by atoms with Crippen LogP contribution < -0.4 is 0 Å². The lowest BCUT2D eigenvalue weighted by Crippen LogP contribution is -1.79. The van der Waals surface area contributed by atoms with E-state index < -0.39 is 0 Å². The Hall–Kier alpha value is -1.04. The largest absolute Gasteiger partial charge is 0.103 e. The van der Waals surface area contributed by atoms with Gasteiger partial charge >= 0.3 is 0 Å². The monoisotopic (exact) mass is 134 g/mol. The summed E-state index contributed by atoms with van der Waals surface area (Å²) in [7, 11) is 0. The van der Waals surface area contributed by atoms with Crippen molar-refractivity contribution < 1.29 is 1.43 Å². The van der Waals surface area contributed by atoms with Crippen LogP contribution in [0.1, 0.15) is 12.6 Å². The molecule has 0 N–H and O–H groups in total. The van der Waals surface area contributed by atoms with Crippen molar-refractivity contribution in [3.63, 3.8) is 0 Å². The van der Waals surface area contributed by atoms with Gasteiger partial charge in [0.05, 0.1) is 0 Å². The summed E-state index contributed by atoms with van der Waals surface area (Å²) in [5.74, 6) is 0. The van der Waals surface area contributed by atoms with E-state index in [1.807, 2.05) is 6.08 Å². The van der Waals surface area contributed by atoms with Crippen LogP contribution in [0.2, 0.25) is 0 Å². The van der Waals surface area contributed by atoms with E-state index in [1.165, 1.54) is 11.1 Å². The first-order chi connectivity index (χ1) is 4.83. The summed E-state index contributed by atoms with van der Waals surface area (Å²) in [6.07, 6.45) is 2.89. The third kappa shape index (κ3) is 1.73. The molecular weight excluding hydrogens is 120 g/mol. The molecule has 0 heteroatoms. The Morgan fingerprint density at radius 3 is 2.50 bits per heavy atom. The summed E-state index contributed by atoms with van der Waals surface area (Å²) in [5.41, 5.74) is 2.65. The Morgan fingerprint density at radius 1 is 1.40 bits per heavy atom. The molecule has 10 heavy (non-hydrogen) atoms. The second kappa shape index (κ2) is 3.21. The van der Waals surface area contributed by atoms with Gasteiger partial charge in [-0.1, -0.05) is 35.9 Å². The molecule has 0 radical (unpaired) electrons. The number of hydrogen-bond donors (Lipinski definition) is 0. The van der Waals surface area contributed by atoms with E-state index in [0.717, 1.165) is 6.42 Å². The Balaban J connectivity index is 0.000001000. The van der Waals surface area contributed by atoms with Gasteiger partial charge in [-0.15, -0.1) is 6.58 Å². The molecule has 0 aromatic heterocycles. The molecule has 0 bridgehead atoms. The average Bonchev–Trinajstić information content (AvgIpc) is 1.95. The highest BCUT2D eigenvalue weighted by molar-refractivity contribution is 5.22. The maximum absolute atomic E-state index is 3.68. The molecule has 0 aliphatic heterocycles. The maximum Gasteiger partial charge on any atom is 0 e. The normalized spacial score (nSPS) is 9.30. The molecular formula is C10H14. The molecule has 0 spiro atoms. The van der Waals surface area contributed by atoms with E-state index in [-0.39, 0.29) is 1.43 Å². The first-order valence-corrected chi connectivity index (χ1v) is 3.49. The molecule has 1 aromatic rings. The highest BCUT2D eigenvalue weighted by Gasteiger charge is 1.86. The van der Waals surface area contributed by atoms with Crippen molar-refractivity contribution in [3.8, 4) is 0 Å². The van der Waals surface area contributed by atoms with Crippen LogP contribution in [0, 0.1) is 6.92 Å². The zero-order valence-corrected chi connectivity index (χ0v) is 6.30. The molecule has 0 aliphatic carbocycles. The van der Waals surface area contributed by atoms with Crippen LogP contribution in [-0.2, 0) is 6.42 Å². The van der Waals surface area contributed by atoms with Gasteiger partial charge in [-0.3, -0.25) is 0 Å². The standard InChI is InChI=1S/C10H12.H2/c1-3-4-10-7-5-9(2)6-8-10;/h3,5-8H,1,4H2,2H3;1H. The quantitative estimate of drug-likeness (QED) is 0.545. The fourth-order valence-corrected chi connectivity index (χ4v) is 0.891. The fraction of sp³-hybridized carbons (Fsp3) is 0.200. The van der Waals surface area contributed by atoms with E-state index in [4.69, 9.17) is 0 Å². The predicted octanol–water partition coefficient (Wildman–Crippen LogP) is 2.97. The molecule has 54 valence electrons. The van der Waals surface area contributed by atoms with Gasteiger partial charge in [0.2, 0.25) is 0 Å². The van der Waals surface area contributed by atoms with Crippen LogP contribution in [-0.4, -0.2) is 0 Å². The van der Waals surface area contributed by atoms with Gasteiger partial charge in [0.1, 0.15) is 0 Å². The highest BCUT2D eigenvalue weighted by Crippen LogP contribution is 2.03. The van der Waals surface area contributed by atoms with E-state index in [9.17, 15) is 0 Å². The number of rotatable bonds is 2. The molecule has 0 amide bonds. The summed E-state index contributed by atoms with van der Waals surface area (Å²) >= 11 is 0. The average molecular weight is 134 g/mol. The Labute approximate surface area is 63.7 Å². The second-order valence-electron chi connectivity index (χ2n) is 2.48. The van der Waals surface area contributed by atoms with E-state index in [1.54, 1.807) is 0 Å². The molecule has 0 fully saturated rings. The van der Waals surface area contributed by atoms with Crippen LogP contribution in [0.25, 0.3) is 0 Å². The molecule has 0 atom stereocenters. The Bertz CT molecular complexity index is 211. The lowest BCUT2D eigenvalue weighted by atomic mass is 10.1. The zero-order chi connectivity index (χ0) is 7.40. The molecule has 0 unspecified atom stereocenters. The summed E-state index contributed by atoms with van der Waals surface area (Å²) in [5, 5.41) is 0. The lowest BCUT2D eigenvalue weighted by Gasteiger charge is -1.95. The molecule has 0 saturated carbocycles. The SMILES string of the molecule is C=CCc1ccc(C)cc1.[HH]. The Kier molecular flexibility index (Phi) is 2.27. The summed E-state index contributed by atoms with van der Waals surface area (Å²) in [6.45, 7) is 5.77. The van der Waals surface area contributed by atoms with Crippen LogP contribution in [0.3, 0.4) is 0 Å². The number of aryl methyl sites for hydroxylation is 1. The van der Waals surface area contributed by atoms with Crippen molar-refractivity contribution in [3.05, 3.63) is 48.0 Å². The van der Waals surface area contributed by atoms with Gasteiger partial charge in [0.15, 0.2) is 0 Å².